The van der Waals surface area contributed by atoms with Gasteiger partial charge in [-0.25, -0.2) is 4.79 Å². The summed E-state index contributed by atoms with van der Waals surface area (Å²) in [5, 5.41) is 16.0. The van der Waals surface area contributed by atoms with Crippen molar-refractivity contribution in [3.8, 4) is 0 Å². The van der Waals surface area contributed by atoms with E-state index < -0.39 is 5.60 Å². The van der Waals surface area contributed by atoms with Crippen LogP contribution < -0.4 is 10.6 Å². The highest BCUT2D eigenvalue weighted by atomic mass is 16.6. The van der Waals surface area contributed by atoms with E-state index in [2.05, 4.69) is 10.6 Å². The summed E-state index contributed by atoms with van der Waals surface area (Å²) in [4.78, 5) is 11.8. The van der Waals surface area contributed by atoms with E-state index in [1.54, 1.807) is 0 Å². The molecule has 5 nitrogen and oxygen atoms in total. The summed E-state index contributed by atoms with van der Waals surface area (Å²) in [6.45, 7) is 6.95. The molecular formula is C17H32N2O3. The van der Waals surface area contributed by atoms with E-state index in [9.17, 15) is 9.90 Å². The first-order chi connectivity index (χ1) is 10.4. The molecule has 4 atom stereocenters. The first-order valence-corrected chi connectivity index (χ1v) is 8.71. The van der Waals surface area contributed by atoms with Gasteiger partial charge in [0.15, 0.2) is 0 Å². The largest absolute Gasteiger partial charge is 0.444 e. The predicted molar refractivity (Wildman–Crippen MR) is 86.7 cm³/mol. The smallest absolute Gasteiger partial charge is 0.407 e. The van der Waals surface area contributed by atoms with Crippen LogP contribution in [0.4, 0.5) is 4.79 Å². The Morgan fingerprint density at radius 3 is 2.50 bits per heavy atom. The lowest BCUT2D eigenvalue weighted by molar-refractivity contribution is 0.0505. The van der Waals surface area contributed by atoms with Crippen LogP contribution in [0.1, 0.15) is 59.3 Å². The zero-order valence-corrected chi connectivity index (χ0v) is 14.2. The van der Waals surface area contributed by atoms with Gasteiger partial charge in [-0.15, -0.1) is 0 Å². The quantitative estimate of drug-likeness (QED) is 0.729. The van der Waals surface area contributed by atoms with Crippen molar-refractivity contribution in [2.24, 2.45) is 11.8 Å². The number of aliphatic hydroxyl groups is 1. The van der Waals surface area contributed by atoms with Crippen LogP contribution >= 0.6 is 0 Å². The molecule has 4 unspecified atom stereocenters. The molecular weight excluding hydrogens is 280 g/mol. The Morgan fingerprint density at radius 1 is 1.14 bits per heavy atom. The molecule has 0 aromatic carbocycles. The van der Waals surface area contributed by atoms with Gasteiger partial charge in [0.2, 0.25) is 0 Å². The van der Waals surface area contributed by atoms with Gasteiger partial charge in [-0.3, -0.25) is 0 Å². The average Bonchev–Trinajstić information content (AvgIpc) is 3.02. The topological polar surface area (TPSA) is 70.6 Å². The van der Waals surface area contributed by atoms with Gasteiger partial charge in [0.1, 0.15) is 5.60 Å². The third-order valence-electron chi connectivity index (χ3n) is 4.87. The van der Waals surface area contributed by atoms with Crippen LogP contribution in [0, 0.1) is 11.8 Å². The van der Waals surface area contributed by atoms with Gasteiger partial charge < -0.3 is 20.5 Å². The van der Waals surface area contributed by atoms with Gasteiger partial charge in [-0.1, -0.05) is 6.42 Å². The molecule has 0 aliphatic heterocycles. The molecule has 128 valence electrons. The van der Waals surface area contributed by atoms with Gasteiger partial charge in [-0.05, 0) is 71.3 Å². The second-order valence-corrected chi connectivity index (χ2v) is 7.90. The van der Waals surface area contributed by atoms with Gasteiger partial charge >= 0.3 is 6.09 Å². The van der Waals surface area contributed by atoms with Crippen LogP contribution in [-0.4, -0.2) is 42.0 Å². The highest BCUT2D eigenvalue weighted by Crippen LogP contribution is 2.31. The summed E-state index contributed by atoms with van der Waals surface area (Å²) in [5.74, 6) is 1.09. The van der Waals surface area contributed by atoms with E-state index in [1.165, 1.54) is 12.8 Å². The lowest BCUT2D eigenvalue weighted by Gasteiger charge is -2.22. The first-order valence-electron chi connectivity index (χ1n) is 8.71. The fourth-order valence-electron chi connectivity index (χ4n) is 3.71. The van der Waals surface area contributed by atoms with E-state index in [-0.39, 0.29) is 12.1 Å². The monoisotopic (exact) mass is 312 g/mol. The highest BCUT2D eigenvalue weighted by molar-refractivity contribution is 5.68. The summed E-state index contributed by atoms with van der Waals surface area (Å²) in [5.41, 5.74) is -0.442. The van der Waals surface area contributed by atoms with Crippen molar-refractivity contribution >= 4 is 6.09 Å². The molecule has 1 amide bonds. The number of carbonyl (C=O) groups excluding carboxylic acids is 1. The first kappa shape index (κ1) is 17.5. The fourth-order valence-corrected chi connectivity index (χ4v) is 3.71. The van der Waals surface area contributed by atoms with Crippen LogP contribution in [-0.2, 0) is 4.74 Å². The van der Waals surface area contributed by atoms with Crippen LogP contribution in [0.2, 0.25) is 0 Å². The van der Waals surface area contributed by atoms with Crippen LogP contribution in [0.15, 0.2) is 0 Å². The molecule has 2 fully saturated rings. The SMILES string of the molecule is CC(C)(C)OC(=O)NC1CCC(NCC2CCCC2CO)C1. The molecule has 2 aliphatic carbocycles. The summed E-state index contributed by atoms with van der Waals surface area (Å²) in [7, 11) is 0. The zero-order chi connectivity index (χ0) is 16.2. The molecule has 2 saturated carbocycles. The number of rotatable bonds is 5. The van der Waals surface area contributed by atoms with Crippen molar-refractivity contribution < 1.29 is 14.6 Å². The second-order valence-electron chi connectivity index (χ2n) is 7.90. The maximum absolute atomic E-state index is 11.8. The number of aliphatic hydroxyl groups excluding tert-OH is 1. The molecule has 0 spiro atoms. The van der Waals surface area contributed by atoms with Crippen LogP contribution in [0.25, 0.3) is 0 Å². The standard InChI is InChI=1S/C17H32N2O3/c1-17(2,3)22-16(21)19-15-8-7-14(9-15)18-10-12-5-4-6-13(12)11-20/h12-15,18,20H,4-11H2,1-3H3,(H,19,21). The minimum absolute atomic E-state index is 0.213. The number of carbonyl (C=O) groups is 1. The van der Waals surface area contributed by atoms with E-state index in [4.69, 9.17) is 4.74 Å². The van der Waals surface area contributed by atoms with E-state index in [1.807, 2.05) is 20.8 Å². The van der Waals surface area contributed by atoms with Gasteiger partial charge in [0, 0.05) is 18.7 Å². The predicted octanol–water partition coefficient (Wildman–Crippen LogP) is 2.43. The maximum atomic E-state index is 11.8. The third-order valence-corrected chi connectivity index (χ3v) is 4.87. The molecule has 3 N–H and O–H groups in total. The Hall–Kier alpha value is -0.810. The van der Waals surface area contributed by atoms with Crippen molar-refractivity contribution in [2.45, 2.75) is 77.0 Å². The summed E-state index contributed by atoms with van der Waals surface area (Å²) in [6.07, 6.45) is 6.39. The number of ether oxygens (including phenoxy) is 1. The Balaban J connectivity index is 1.66. The lowest BCUT2D eigenvalue weighted by atomic mass is 9.96. The van der Waals surface area contributed by atoms with Crippen molar-refractivity contribution in [1.82, 2.24) is 10.6 Å². The molecule has 22 heavy (non-hydrogen) atoms. The molecule has 2 rings (SSSR count). The fraction of sp³-hybridized carbons (Fsp3) is 0.941. The minimum atomic E-state index is -0.442. The van der Waals surface area contributed by atoms with Crippen molar-refractivity contribution in [1.29, 1.82) is 0 Å². The van der Waals surface area contributed by atoms with E-state index >= 15 is 0 Å². The van der Waals surface area contributed by atoms with Gasteiger partial charge in [0.05, 0.1) is 0 Å². The van der Waals surface area contributed by atoms with Crippen molar-refractivity contribution in [3.05, 3.63) is 0 Å². The van der Waals surface area contributed by atoms with Gasteiger partial charge in [-0.2, -0.15) is 0 Å². The highest BCUT2D eigenvalue weighted by Gasteiger charge is 2.30. The molecule has 0 aromatic rings. The Kier molecular flexibility index (Phi) is 6.09. The molecule has 0 aromatic heterocycles. The van der Waals surface area contributed by atoms with Crippen molar-refractivity contribution in [3.63, 3.8) is 0 Å². The summed E-state index contributed by atoms with van der Waals surface area (Å²) in [6, 6.07) is 0.685. The molecule has 0 bridgehead atoms. The number of amides is 1. The number of hydrogen-bond acceptors (Lipinski definition) is 4. The van der Waals surface area contributed by atoms with Crippen molar-refractivity contribution in [2.75, 3.05) is 13.2 Å². The molecule has 0 saturated heterocycles. The van der Waals surface area contributed by atoms with Crippen LogP contribution in [0.3, 0.4) is 0 Å². The average molecular weight is 312 g/mol. The number of alkyl carbamates (subject to hydrolysis) is 1. The van der Waals surface area contributed by atoms with E-state index in [0.717, 1.165) is 32.2 Å². The molecule has 0 radical (unpaired) electrons. The second kappa shape index (κ2) is 7.64. The summed E-state index contributed by atoms with van der Waals surface area (Å²) < 4.78 is 5.31. The Morgan fingerprint density at radius 2 is 1.82 bits per heavy atom. The minimum Gasteiger partial charge on any atom is -0.444 e. The molecule has 0 heterocycles. The summed E-state index contributed by atoms with van der Waals surface area (Å²) >= 11 is 0. The Labute approximate surface area is 134 Å². The number of nitrogens with one attached hydrogen (secondary N) is 2. The third kappa shape index (κ3) is 5.43. The number of hydrogen-bond donors (Lipinski definition) is 3. The normalized spacial score (nSPS) is 32.2. The van der Waals surface area contributed by atoms with Crippen LogP contribution in [0.5, 0.6) is 0 Å². The lowest BCUT2D eigenvalue weighted by Crippen LogP contribution is -2.39. The zero-order valence-electron chi connectivity index (χ0n) is 14.2. The maximum Gasteiger partial charge on any atom is 0.407 e. The Bertz CT molecular complexity index is 367. The van der Waals surface area contributed by atoms with Gasteiger partial charge in [0.25, 0.3) is 0 Å². The molecule has 2 aliphatic rings. The molecule has 5 heteroatoms. The van der Waals surface area contributed by atoms with E-state index in [0.29, 0.717) is 24.5 Å².